The van der Waals surface area contributed by atoms with Crippen LogP contribution in [0.5, 0.6) is 11.5 Å². The zero-order chi connectivity index (χ0) is 22.1. The molecule has 0 unspecified atom stereocenters. The first kappa shape index (κ1) is 22.0. The summed E-state index contributed by atoms with van der Waals surface area (Å²) in [6, 6.07) is 9.67. The Morgan fingerprint density at radius 3 is 2.43 bits per heavy atom. The van der Waals surface area contributed by atoms with Gasteiger partial charge in [-0.1, -0.05) is 11.3 Å². The molecule has 0 aliphatic rings. The number of rotatable bonds is 6. The van der Waals surface area contributed by atoms with Crippen molar-refractivity contribution in [1.29, 1.82) is 0 Å². The fraction of sp³-hybridized carbons (Fsp3) is 0.300. The summed E-state index contributed by atoms with van der Waals surface area (Å²) in [6.07, 6.45) is 0. The van der Waals surface area contributed by atoms with Gasteiger partial charge >= 0.3 is 0 Å². The Morgan fingerprint density at radius 1 is 1.07 bits per heavy atom. The molecule has 0 saturated carbocycles. The number of nitrogens with one attached hydrogen (secondary N) is 2. The van der Waals surface area contributed by atoms with Crippen molar-refractivity contribution in [2.75, 3.05) is 19.5 Å². The van der Waals surface area contributed by atoms with E-state index in [1.165, 1.54) is 36.6 Å². The summed E-state index contributed by atoms with van der Waals surface area (Å²) in [4.78, 5) is 17.0. The smallest absolute Gasteiger partial charge is 0.257 e. The van der Waals surface area contributed by atoms with Gasteiger partial charge in [0.2, 0.25) is 10.0 Å². The molecule has 8 nitrogen and oxygen atoms in total. The molecule has 10 heteroatoms. The van der Waals surface area contributed by atoms with Crippen LogP contribution in [0.1, 0.15) is 31.1 Å². The molecule has 0 atom stereocenters. The number of nitrogens with zero attached hydrogens (tertiary/aromatic N) is 1. The van der Waals surface area contributed by atoms with Crippen molar-refractivity contribution < 1.29 is 22.7 Å². The van der Waals surface area contributed by atoms with E-state index in [-0.39, 0.29) is 16.2 Å². The number of carbonyl (C=O) groups excluding carboxylic acids is 1. The van der Waals surface area contributed by atoms with Gasteiger partial charge in [0, 0.05) is 11.1 Å². The third-order valence-electron chi connectivity index (χ3n) is 3.97. The van der Waals surface area contributed by atoms with E-state index in [1.54, 1.807) is 40.0 Å². The van der Waals surface area contributed by atoms with Crippen LogP contribution in [-0.4, -0.2) is 39.1 Å². The quantitative estimate of drug-likeness (QED) is 0.595. The zero-order valence-corrected chi connectivity index (χ0v) is 18.9. The Morgan fingerprint density at radius 2 is 1.80 bits per heavy atom. The highest BCUT2D eigenvalue weighted by Gasteiger charge is 2.26. The first-order valence-electron chi connectivity index (χ1n) is 9.00. The molecule has 0 spiro atoms. The van der Waals surface area contributed by atoms with Gasteiger partial charge < -0.3 is 9.47 Å². The molecule has 0 aliphatic heterocycles. The first-order valence-corrected chi connectivity index (χ1v) is 11.3. The van der Waals surface area contributed by atoms with E-state index >= 15 is 0 Å². The second-order valence-electron chi connectivity index (χ2n) is 7.53. The predicted octanol–water partition coefficient (Wildman–Crippen LogP) is 3.64. The molecule has 0 bridgehead atoms. The van der Waals surface area contributed by atoms with E-state index in [4.69, 9.17) is 9.47 Å². The third kappa shape index (κ3) is 4.89. The molecule has 30 heavy (non-hydrogen) atoms. The van der Waals surface area contributed by atoms with E-state index in [0.29, 0.717) is 10.9 Å². The van der Waals surface area contributed by atoms with Gasteiger partial charge in [0.25, 0.3) is 5.91 Å². The number of ether oxygens (including phenoxy) is 2. The lowest BCUT2D eigenvalue weighted by Crippen LogP contribution is -2.40. The minimum Gasteiger partial charge on any atom is -0.497 e. The molecule has 1 aromatic heterocycles. The van der Waals surface area contributed by atoms with Crippen molar-refractivity contribution in [3.8, 4) is 11.5 Å². The lowest BCUT2D eigenvalue weighted by atomic mass is 10.1. The number of methoxy groups -OCH3 is 2. The Balaban J connectivity index is 1.91. The molecule has 1 amide bonds. The minimum atomic E-state index is -3.90. The van der Waals surface area contributed by atoms with Crippen LogP contribution in [0, 0.1) is 0 Å². The Hall–Kier alpha value is -2.69. The highest BCUT2D eigenvalue weighted by molar-refractivity contribution is 7.89. The lowest BCUT2D eigenvalue weighted by Gasteiger charge is -2.21. The number of sulfonamides is 1. The van der Waals surface area contributed by atoms with E-state index < -0.39 is 21.5 Å². The van der Waals surface area contributed by atoms with Gasteiger partial charge in [-0.05, 0) is 57.2 Å². The van der Waals surface area contributed by atoms with Crippen LogP contribution < -0.4 is 19.5 Å². The number of anilines is 1. The molecule has 1 heterocycles. The molecule has 0 saturated heterocycles. The maximum Gasteiger partial charge on any atom is 0.257 e. The molecule has 0 radical (unpaired) electrons. The lowest BCUT2D eigenvalue weighted by molar-refractivity contribution is 0.102. The van der Waals surface area contributed by atoms with Crippen LogP contribution in [-0.2, 0) is 10.0 Å². The van der Waals surface area contributed by atoms with Gasteiger partial charge in [-0.2, -0.15) is 0 Å². The monoisotopic (exact) mass is 449 g/mol. The number of aromatic nitrogens is 1. The highest BCUT2D eigenvalue weighted by Crippen LogP contribution is 2.30. The number of fused-ring (bicyclic) bond motifs is 1. The van der Waals surface area contributed by atoms with Gasteiger partial charge in [0.1, 0.15) is 16.4 Å². The summed E-state index contributed by atoms with van der Waals surface area (Å²) in [5, 5.41) is 3.12. The van der Waals surface area contributed by atoms with Crippen LogP contribution in [0.4, 0.5) is 5.13 Å². The van der Waals surface area contributed by atoms with Crippen molar-refractivity contribution >= 4 is 42.6 Å². The summed E-state index contributed by atoms with van der Waals surface area (Å²) in [7, 11) is -0.946. The highest BCUT2D eigenvalue weighted by atomic mass is 32.2. The number of benzene rings is 2. The molecule has 3 rings (SSSR count). The summed E-state index contributed by atoms with van der Waals surface area (Å²) in [6.45, 7) is 5.20. The second kappa shape index (κ2) is 8.21. The van der Waals surface area contributed by atoms with Crippen molar-refractivity contribution in [3.63, 3.8) is 0 Å². The van der Waals surface area contributed by atoms with Crippen molar-refractivity contribution in [1.82, 2.24) is 9.71 Å². The molecule has 2 N–H and O–H groups in total. The third-order valence-corrected chi connectivity index (χ3v) is 6.68. The van der Waals surface area contributed by atoms with Gasteiger partial charge in [0.15, 0.2) is 5.13 Å². The van der Waals surface area contributed by atoms with Crippen LogP contribution in [0.2, 0.25) is 0 Å². The van der Waals surface area contributed by atoms with E-state index in [9.17, 15) is 13.2 Å². The van der Waals surface area contributed by atoms with E-state index in [0.717, 1.165) is 10.2 Å². The van der Waals surface area contributed by atoms with Gasteiger partial charge in [-0.25, -0.2) is 18.1 Å². The van der Waals surface area contributed by atoms with Gasteiger partial charge in [-0.15, -0.1) is 0 Å². The van der Waals surface area contributed by atoms with Crippen molar-refractivity contribution in [2.45, 2.75) is 31.2 Å². The van der Waals surface area contributed by atoms with Gasteiger partial charge in [-0.3, -0.25) is 10.1 Å². The fourth-order valence-corrected chi connectivity index (χ4v) is 5.24. The Kier molecular flexibility index (Phi) is 6.02. The average molecular weight is 450 g/mol. The van der Waals surface area contributed by atoms with Crippen LogP contribution >= 0.6 is 11.3 Å². The molecule has 0 fully saturated rings. The van der Waals surface area contributed by atoms with Crippen LogP contribution in [0.3, 0.4) is 0 Å². The number of carbonyl (C=O) groups is 1. The summed E-state index contributed by atoms with van der Waals surface area (Å²) >= 11 is 1.30. The van der Waals surface area contributed by atoms with Crippen molar-refractivity contribution in [2.24, 2.45) is 0 Å². The fourth-order valence-electron chi connectivity index (χ4n) is 2.74. The number of hydrogen-bond donors (Lipinski definition) is 2. The van der Waals surface area contributed by atoms with Crippen molar-refractivity contribution in [3.05, 3.63) is 42.0 Å². The largest absolute Gasteiger partial charge is 0.497 e. The van der Waals surface area contributed by atoms with Gasteiger partial charge in [0.05, 0.1) is 24.4 Å². The molecule has 0 aliphatic carbocycles. The number of amides is 1. The minimum absolute atomic E-state index is 0.110. The maximum absolute atomic E-state index is 12.8. The molecule has 2 aromatic carbocycles. The van der Waals surface area contributed by atoms with Crippen LogP contribution in [0.25, 0.3) is 10.2 Å². The molecular formula is C20H23N3O5S2. The number of thiazole rings is 1. The normalized spacial score (nSPS) is 12.0. The summed E-state index contributed by atoms with van der Waals surface area (Å²) in [5.41, 5.74) is 0.204. The molecule has 3 aromatic rings. The first-order chi connectivity index (χ1) is 14.0. The Bertz CT molecular complexity index is 1200. The maximum atomic E-state index is 12.8. The zero-order valence-electron chi connectivity index (χ0n) is 17.3. The van der Waals surface area contributed by atoms with Crippen LogP contribution in [0.15, 0.2) is 41.3 Å². The predicted molar refractivity (Wildman–Crippen MR) is 117 cm³/mol. The number of hydrogen-bond acceptors (Lipinski definition) is 7. The summed E-state index contributed by atoms with van der Waals surface area (Å²) in [5.74, 6) is 0.367. The van der Waals surface area contributed by atoms with E-state index in [2.05, 4.69) is 15.0 Å². The SMILES string of the molecule is COc1ccc2nc(NC(=O)c3ccc(OC)c(S(=O)(=O)NC(C)(C)C)c3)sc2c1. The topological polar surface area (TPSA) is 107 Å². The van der Waals surface area contributed by atoms with E-state index in [1.807, 2.05) is 6.07 Å². The molecule has 160 valence electrons. The Labute approximate surface area is 179 Å². The average Bonchev–Trinajstić information content (AvgIpc) is 3.06. The molecular weight excluding hydrogens is 426 g/mol. The summed E-state index contributed by atoms with van der Waals surface area (Å²) < 4.78 is 39.4. The standard InChI is InChI=1S/C20H23N3O5S2/c1-20(2,3)23-30(25,26)17-10-12(6-9-15(17)28-5)18(24)22-19-21-14-8-7-13(27-4)11-16(14)29-19/h6-11,23H,1-5H3,(H,21,22,24). The second-order valence-corrected chi connectivity index (χ2v) is 10.2.